The molecule has 0 aromatic carbocycles. The molecule has 108 valence electrons. The van der Waals surface area contributed by atoms with Crippen molar-refractivity contribution in [2.24, 2.45) is 23.0 Å². The number of nitrogens with two attached hydrogens (primary N) is 1. The van der Waals surface area contributed by atoms with Gasteiger partial charge in [-0.25, -0.2) is 0 Å². The number of hydrogen-bond donors (Lipinski definition) is 2. The highest BCUT2D eigenvalue weighted by atomic mass is 16.2. The molecule has 1 unspecified atom stereocenters. The third kappa shape index (κ3) is 7.70. The maximum absolute atomic E-state index is 12.2. The van der Waals surface area contributed by atoms with Crippen molar-refractivity contribution in [2.75, 3.05) is 6.54 Å². The van der Waals surface area contributed by atoms with E-state index in [0.29, 0.717) is 12.5 Å². The fourth-order valence-corrected chi connectivity index (χ4v) is 2.68. The lowest BCUT2D eigenvalue weighted by Gasteiger charge is -2.34. The Kier molecular flexibility index (Phi) is 6.35. The lowest BCUT2D eigenvalue weighted by molar-refractivity contribution is -0.127. The third-order valence-electron chi connectivity index (χ3n) is 2.85. The molecule has 0 saturated heterocycles. The number of carbonyl (C=O) groups is 1. The van der Waals surface area contributed by atoms with Crippen LogP contribution in [-0.4, -0.2) is 18.0 Å². The molecule has 0 radical (unpaired) electrons. The molecule has 3 heteroatoms. The van der Waals surface area contributed by atoms with Gasteiger partial charge in [-0.05, 0) is 38.0 Å². The molecule has 0 fully saturated rings. The van der Waals surface area contributed by atoms with Crippen molar-refractivity contribution >= 4 is 5.91 Å². The SMILES string of the molecule is CC(C)CC(CN)C(=O)NC(C)(C)CC(C)(C)C. The summed E-state index contributed by atoms with van der Waals surface area (Å²) in [7, 11) is 0. The van der Waals surface area contributed by atoms with E-state index in [9.17, 15) is 4.79 Å². The average molecular weight is 256 g/mol. The summed E-state index contributed by atoms with van der Waals surface area (Å²) < 4.78 is 0. The molecule has 0 saturated carbocycles. The van der Waals surface area contributed by atoms with Crippen LogP contribution >= 0.6 is 0 Å². The predicted molar refractivity (Wildman–Crippen MR) is 78.3 cm³/mol. The molecule has 0 spiro atoms. The van der Waals surface area contributed by atoms with Gasteiger partial charge in [0.15, 0.2) is 0 Å². The normalized spacial score (nSPS) is 14.7. The maximum atomic E-state index is 12.2. The minimum absolute atomic E-state index is 0.0655. The zero-order valence-corrected chi connectivity index (χ0v) is 13.3. The van der Waals surface area contributed by atoms with Gasteiger partial charge in [0, 0.05) is 12.1 Å². The minimum Gasteiger partial charge on any atom is -0.351 e. The summed E-state index contributed by atoms with van der Waals surface area (Å²) in [4.78, 5) is 12.2. The van der Waals surface area contributed by atoms with Gasteiger partial charge in [-0.3, -0.25) is 4.79 Å². The molecular formula is C15H32N2O. The van der Waals surface area contributed by atoms with Gasteiger partial charge in [0.1, 0.15) is 0 Å². The molecule has 0 bridgehead atoms. The van der Waals surface area contributed by atoms with Gasteiger partial charge in [-0.2, -0.15) is 0 Å². The van der Waals surface area contributed by atoms with Crippen molar-refractivity contribution in [3.8, 4) is 0 Å². The van der Waals surface area contributed by atoms with Crippen LogP contribution in [0.3, 0.4) is 0 Å². The lowest BCUT2D eigenvalue weighted by Crippen LogP contribution is -2.49. The highest BCUT2D eigenvalue weighted by Crippen LogP contribution is 2.27. The number of rotatable bonds is 6. The molecule has 0 aliphatic heterocycles. The highest BCUT2D eigenvalue weighted by molar-refractivity contribution is 5.79. The summed E-state index contributed by atoms with van der Waals surface area (Å²) in [5.74, 6) is 0.528. The second-order valence-corrected chi connectivity index (χ2v) is 7.67. The lowest BCUT2D eigenvalue weighted by atomic mass is 9.81. The summed E-state index contributed by atoms with van der Waals surface area (Å²) in [6.07, 6.45) is 1.80. The van der Waals surface area contributed by atoms with Crippen LogP contribution in [0.5, 0.6) is 0 Å². The number of nitrogens with one attached hydrogen (secondary N) is 1. The number of amides is 1. The molecular weight excluding hydrogens is 224 g/mol. The van der Waals surface area contributed by atoms with Crippen LogP contribution in [0, 0.1) is 17.3 Å². The fraction of sp³-hybridized carbons (Fsp3) is 0.933. The van der Waals surface area contributed by atoms with E-state index in [-0.39, 0.29) is 22.8 Å². The average Bonchev–Trinajstić information content (AvgIpc) is 2.08. The van der Waals surface area contributed by atoms with E-state index >= 15 is 0 Å². The Labute approximate surface area is 113 Å². The monoisotopic (exact) mass is 256 g/mol. The topological polar surface area (TPSA) is 55.1 Å². The van der Waals surface area contributed by atoms with Crippen LogP contribution in [0.4, 0.5) is 0 Å². The van der Waals surface area contributed by atoms with E-state index in [1.54, 1.807) is 0 Å². The van der Waals surface area contributed by atoms with Crippen molar-refractivity contribution in [2.45, 2.75) is 66.8 Å². The smallest absolute Gasteiger partial charge is 0.224 e. The maximum Gasteiger partial charge on any atom is 0.224 e. The summed E-state index contributed by atoms with van der Waals surface area (Å²) in [6, 6.07) is 0. The molecule has 1 atom stereocenters. The van der Waals surface area contributed by atoms with E-state index < -0.39 is 0 Å². The predicted octanol–water partition coefficient (Wildman–Crippen LogP) is 2.94. The summed E-state index contributed by atoms with van der Waals surface area (Å²) in [5.41, 5.74) is 5.73. The number of carbonyl (C=O) groups excluding carboxylic acids is 1. The Bertz CT molecular complexity index is 264. The molecule has 3 nitrogen and oxygen atoms in total. The molecule has 0 aromatic heterocycles. The van der Waals surface area contributed by atoms with Crippen molar-refractivity contribution in [3.05, 3.63) is 0 Å². The first-order chi connectivity index (χ1) is 7.97. The van der Waals surface area contributed by atoms with Crippen LogP contribution in [0.25, 0.3) is 0 Å². The first-order valence-corrected chi connectivity index (χ1v) is 6.99. The van der Waals surface area contributed by atoms with E-state index in [1.165, 1.54) is 0 Å². The van der Waals surface area contributed by atoms with Crippen LogP contribution < -0.4 is 11.1 Å². The van der Waals surface area contributed by atoms with Crippen molar-refractivity contribution < 1.29 is 4.79 Å². The second-order valence-electron chi connectivity index (χ2n) is 7.67. The fourth-order valence-electron chi connectivity index (χ4n) is 2.68. The molecule has 3 N–H and O–H groups in total. The zero-order valence-electron chi connectivity index (χ0n) is 13.3. The van der Waals surface area contributed by atoms with Gasteiger partial charge in [0.05, 0.1) is 5.92 Å². The molecule has 18 heavy (non-hydrogen) atoms. The minimum atomic E-state index is -0.181. The van der Waals surface area contributed by atoms with E-state index in [0.717, 1.165) is 12.8 Å². The second kappa shape index (κ2) is 6.55. The molecule has 0 aromatic rings. The molecule has 0 rings (SSSR count). The van der Waals surface area contributed by atoms with E-state index in [1.807, 2.05) is 0 Å². The van der Waals surface area contributed by atoms with Crippen LogP contribution in [0.15, 0.2) is 0 Å². The van der Waals surface area contributed by atoms with Gasteiger partial charge < -0.3 is 11.1 Å². The van der Waals surface area contributed by atoms with Gasteiger partial charge >= 0.3 is 0 Å². The van der Waals surface area contributed by atoms with Crippen LogP contribution in [0.1, 0.15) is 61.3 Å². The summed E-state index contributed by atoms with van der Waals surface area (Å²) in [5, 5.41) is 3.15. The van der Waals surface area contributed by atoms with Crippen molar-refractivity contribution in [3.63, 3.8) is 0 Å². The molecule has 0 aliphatic rings. The Balaban J connectivity index is 4.52. The van der Waals surface area contributed by atoms with Gasteiger partial charge in [-0.1, -0.05) is 34.6 Å². The Hall–Kier alpha value is -0.570. The van der Waals surface area contributed by atoms with Gasteiger partial charge in [-0.15, -0.1) is 0 Å². The largest absolute Gasteiger partial charge is 0.351 e. The molecule has 1 amide bonds. The highest BCUT2D eigenvalue weighted by Gasteiger charge is 2.29. The molecule has 0 heterocycles. The first-order valence-electron chi connectivity index (χ1n) is 6.99. The van der Waals surface area contributed by atoms with Crippen LogP contribution in [-0.2, 0) is 4.79 Å². The summed E-state index contributed by atoms with van der Waals surface area (Å²) >= 11 is 0. The number of hydrogen-bond acceptors (Lipinski definition) is 2. The van der Waals surface area contributed by atoms with Crippen molar-refractivity contribution in [1.29, 1.82) is 0 Å². The summed E-state index contributed by atoms with van der Waals surface area (Å²) in [6.45, 7) is 15.4. The van der Waals surface area contributed by atoms with E-state index in [2.05, 4.69) is 53.8 Å². The van der Waals surface area contributed by atoms with Gasteiger partial charge in [0.25, 0.3) is 0 Å². The first kappa shape index (κ1) is 17.4. The van der Waals surface area contributed by atoms with Crippen LogP contribution in [0.2, 0.25) is 0 Å². The zero-order chi connectivity index (χ0) is 14.6. The van der Waals surface area contributed by atoms with E-state index in [4.69, 9.17) is 5.73 Å². The quantitative estimate of drug-likeness (QED) is 0.767. The van der Waals surface area contributed by atoms with Gasteiger partial charge in [0.2, 0.25) is 5.91 Å². The Morgan fingerprint density at radius 2 is 1.67 bits per heavy atom. The Morgan fingerprint density at radius 1 is 1.17 bits per heavy atom. The standard InChI is InChI=1S/C15H32N2O/c1-11(2)8-12(9-16)13(18)17-15(6,7)10-14(3,4)5/h11-12H,8-10,16H2,1-7H3,(H,17,18). The molecule has 0 aliphatic carbocycles. The van der Waals surface area contributed by atoms with Crippen molar-refractivity contribution in [1.82, 2.24) is 5.32 Å². The Morgan fingerprint density at radius 3 is 2.00 bits per heavy atom. The third-order valence-corrected chi connectivity index (χ3v) is 2.85.